The van der Waals surface area contributed by atoms with E-state index in [1.807, 2.05) is 13.1 Å². The number of para-hydroxylation sites is 1. The minimum Gasteiger partial charge on any atom is -0.463 e. The van der Waals surface area contributed by atoms with Crippen molar-refractivity contribution >= 4 is 11.7 Å². The zero-order chi connectivity index (χ0) is 12.5. The Hall–Kier alpha value is -1.77. The van der Waals surface area contributed by atoms with E-state index < -0.39 is 0 Å². The molecule has 18 heavy (non-hydrogen) atoms. The second-order valence-electron chi connectivity index (χ2n) is 4.77. The summed E-state index contributed by atoms with van der Waals surface area (Å²) in [4.78, 5) is 14.1. The van der Waals surface area contributed by atoms with Crippen LogP contribution in [0.1, 0.15) is 24.5 Å². The van der Waals surface area contributed by atoms with Crippen molar-refractivity contribution in [1.82, 2.24) is 0 Å². The number of esters is 1. The summed E-state index contributed by atoms with van der Waals surface area (Å²) in [5.74, 6) is -0.181. The molecule has 0 aromatic heterocycles. The molecule has 0 radical (unpaired) electrons. The molecule has 3 rings (SSSR count). The summed E-state index contributed by atoms with van der Waals surface area (Å²) in [6.45, 7) is 3.27. The maximum atomic E-state index is 11.9. The van der Waals surface area contributed by atoms with Crippen LogP contribution in [0.4, 0.5) is 5.69 Å². The Balaban J connectivity index is 1.98. The van der Waals surface area contributed by atoms with Crippen LogP contribution in [0.5, 0.6) is 0 Å². The minimum atomic E-state index is -0.181. The highest BCUT2D eigenvalue weighted by Crippen LogP contribution is 2.36. The number of carbonyl (C=O) groups excluding carboxylic acids is 1. The molecule has 1 aromatic carbocycles. The van der Waals surface area contributed by atoms with Crippen LogP contribution in [0.3, 0.4) is 0 Å². The number of aryl methyl sites for hydroxylation is 1. The van der Waals surface area contributed by atoms with Crippen molar-refractivity contribution in [1.29, 1.82) is 0 Å². The van der Waals surface area contributed by atoms with Gasteiger partial charge in [0, 0.05) is 24.9 Å². The molecule has 0 saturated carbocycles. The Morgan fingerprint density at radius 2 is 2.22 bits per heavy atom. The lowest BCUT2D eigenvalue weighted by Crippen LogP contribution is -2.30. The Kier molecular flexibility index (Phi) is 2.82. The van der Waals surface area contributed by atoms with Crippen LogP contribution in [-0.2, 0) is 22.4 Å². The second kappa shape index (κ2) is 4.48. The summed E-state index contributed by atoms with van der Waals surface area (Å²) in [5.41, 5.74) is 4.73. The molecule has 3 heteroatoms. The standard InChI is InChI=1S/C15H17NO2/c1-2-18-15(17)13-9-12-6-3-5-11-7-4-8-16(10-13)14(11)12/h3,5-6,10H,2,4,7-9H2,1H3. The van der Waals surface area contributed by atoms with Crippen LogP contribution < -0.4 is 4.90 Å². The quantitative estimate of drug-likeness (QED) is 0.747. The van der Waals surface area contributed by atoms with Crippen LogP contribution in [0.25, 0.3) is 0 Å². The third-order valence-corrected chi connectivity index (χ3v) is 3.57. The van der Waals surface area contributed by atoms with Gasteiger partial charge in [-0.05, 0) is 30.9 Å². The lowest BCUT2D eigenvalue weighted by Gasteiger charge is -2.34. The molecule has 0 unspecified atom stereocenters. The predicted octanol–water partition coefficient (Wildman–Crippen LogP) is 2.44. The molecule has 0 amide bonds. The number of hydrogen-bond donors (Lipinski definition) is 0. The first-order chi connectivity index (χ1) is 8.79. The highest BCUT2D eigenvalue weighted by molar-refractivity contribution is 5.91. The van der Waals surface area contributed by atoms with Gasteiger partial charge >= 0.3 is 5.97 Å². The first-order valence-electron chi connectivity index (χ1n) is 6.55. The SMILES string of the molecule is CCOC(=O)C1=CN2CCCc3cccc(c32)C1. The highest BCUT2D eigenvalue weighted by Gasteiger charge is 2.26. The van der Waals surface area contributed by atoms with Crippen molar-refractivity contribution in [2.75, 3.05) is 18.1 Å². The first kappa shape index (κ1) is 11.3. The molecule has 0 spiro atoms. The van der Waals surface area contributed by atoms with E-state index in [1.54, 1.807) is 0 Å². The van der Waals surface area contributed by atoms with Crippen molar-refractivity contribution < 1.29 is 9.53 Å². The van der Waals surface area contributed by atoms with Crippen molar-refractivity contribution in [3.63, 3.8) is 0 Å². The van der Waals surface area contributed by atoms with Gasteiger partial charge in [-0.25, -0.2) is 4.79 Å². The summed E-state index contributed by atoms with van der Waals surface area (Å²) >= 11 is 0. The molecule has 0 N–H and O–H groups in total. The van der Waals surface area contributed by atoms with Gasteiger partial charge in [0.05, 0.1) is 12.2 Å². The average molecular weight is 243 g/mol. The number of ether oxygens (including phenoxy) is 1. The Bertz CT molecular complexity index is 519. The molecule has 1 aromatic rings. The van der Waals surface area contributed by atoms with Crippen LogP contribution in [0.2, 0.25) is 0 Å². The lowest BCUT2D eigenvalue weighted by molar-refractivity contribution is -0.138. The zero-order valence-corrected chi connectivity index (χ0v) is 10.6. The molecule has 3 nitrogen and oxygen atoms in total. The van der Waals surface area contributed by atoms with E-state index in [1.165, 1.54) is 16.8 Å². The van der Waals surface area contributed by atoms with Gasteiger partial charge in [-0.1, -0.05) is 18.2 Å². The van der Waals surface area contributed by atoms with Crippen LogP contribution in [0.15, 0.2) is 30.0 Å². The van der Waals surface area contributed by atoms with Gasteiger partial charge in [0.2, 0.25) is 0 Å². The number of benzene rings is 1. The topological polar surface area (TPSA) is 29.5 Å². The molecule has 0 fully saturated rings. The van der Waals surface area contributed by atoms with Gasteiger partial charge in [0.15, 0.2) is 0 Å². The number of nitrogens with zero attached hydrogens (tertiary/aromatic N) is 1. The van der Waals surface area contributed by atoms with E-state index in [4.69, 9.17) is 4.74 Å². The monoisotopic (exact) mass is 243 g/mol. The van der Waals surface area contributed by atoms with Crippen molar-refractivity contribution in [2.24, 2.45) is 0 Å². The summed E-state index contributed by atoms with van der Waals surface area (Å²) in [6.07, 6.45) is 4.95. The molecule has 2 aliphatic heterocycles. The fourth-order valence-corrected chi connectivity index (χ4v) is 2.83. The van der Waals surface area contributed by atoms with Crippen LogP contribution in [0, 0.1) is 0 Å². The highest BCUT2D eigenvalue weighted by atomic mass is 16.5. The lowest BCUT2D eigenvalue weighted by atomic mass is 9.91. The van der Waals surface area contributed by atoms with E-state index in [-0.39, 0.29) is 5.97 Å². The van der Waals surface area contributed by atoms with Gasteiger partial charge in [-0.3, -0.25) is 0 Å². The third kappa shape index (κ3) is 1.80. The largest absolute Gasteiger partial charge is 0.463 e. The molecule has 2 heterocycles. The fourth-order valence-electron chi connectivity index (χ4n) is 2.83. The maximum absolute atomic E-state index is 11.9. The molecule has 0 aliphatic carbocycles. The van der Waals surface area contributed by atoms with Crippen LogP contribution in [-0.4, -0.2) is 19.1 Å². The third-order valence-electron chi connectivity index (χ3n) is 3.57. The summed E-state index contributed by atoms with van der Waals surface area (Å²) < 4.78 is 5.10. The van der Waals surface area contributed by atoms with Crippen LogP contribution >= 0.6 is 0 Å². The van der Waals surface area contributed by atoms with Crippen molar-refractivity contribution in [2.45, 2.75) is 26.2 Å². The maximum Gasteiger partial charge on any atom is 0.335 e. The normalized spacial score (nSPS) is 16.9. The van der Waals surface area contributed by atoms with E-state index in [2.05, 4.69) is 23.1 Å². The molecule has 0 bridgehead atoms. The Morgan fingerprint density at radius 1 is 1.39 bits per heavy atom. The van der Waals surface area contributed by atoms with Gasteiger partial charge in [0.25, 0.3) is 0 Å². The molecule has 0 saturated heterocycles. The molecule has 2 aliphatic rings. The summed E-state index contributed by atoms with van der Waals surface area (Å²) in [5, 5.41) is 0. The number of anilines is 1. The fraction of sp³-hybridized carbons (Fsp3) is 0.400. The number of rotatable bonds is 2. The molecule has 94 valence electrons. The van der Waals surface area contributed by atoms with Crippen molar-refractivity contribution in [3.8, 4) is 0 Å². The second-order valence-corrected chi connectivity index (χ2v) is 4.77. The Labute approximate surface area is 107 Å². The van der Waals surface area contributed by atoms with Gasteiger partial charge < -0.3 is 9.64 Å². The van der Waals surface area contributed by atoms with E-state index >= 15 is 0 Å². The number of hydrogen-bond acceptors (Lipinski definition) is 3. The van der Waals surface area contributed by atoms with E-state index in [0.29, 0.717) is 13.0 Å². The summed E-state index contributed by atoms with van der Waals surface area (Å²) in [6, 6.07) is 6.39. The summed E-state index contributed by atoms with van der Waals surface area (Å²) in [7, 11) is 0. The molecular formula is C15H17NO2. The predicted molar refractivity (Wildman–Crippen MR) is 70.5 cm³/mol. The molecule has 0 atom stereocenters. The first-order valence-corrected chi connectivity index (χ1v) is 6.55. The molecular weight excluding hydrogens is 226 g/mol. The van der Waals surface area contributed by atoms with Gasteiger partial charge in [-0.2, -0.15) is 0 Å². The number of carbonyl (C=O) groups is 1. The van der Waals surface area contributed by atoms with E-state index in [0.717, 1.165) is 25.0 Å². The minimum absolute atomic E-state index is 0.181. The smallest absolute Gasteiger partial charge is 0.335 e. The Morgan fingerprint density at radius 3 is 3.06 bits per heavy atom. The average Bonchev–Trinajstić information content (AvgIpc) is 2.39. The zero-order valence-electron chi connectivity index (χ0n) is 10.6. The van der Waals surface area contributed by atoms with E-state index in [9.17, 15) is 4.79 Å². The van der Waals surface area contributed by atoms with Gasteiger partial charge in [-0.15, -0.1) is 0 Å². The van der Waals surface area contributed by atoms with Gasteiger partial charge in [0.1, 0.15) is 0 Å². The van der Waals surface area contributed by atoms with Crippen molar-refractivity contribution in [3.05, 3.63) is 41.1 Å².